The fourth-order valence-electron chi connectivity index (χ4n) is 2.28. The fraction of sp³-hybridized carbons (Fsp3) is 0.647. The van der Waals surface area contributed by atoms with Gasteiger partial charge >= 0.3 is 0 Å². The zero-order chi connectivity index (χ0) is 13.8. The van der Waals surface area contributed by atoms with E-state index in [0.717, 1.165) is 13.0 Å². The molecular weight excluding hydrogens is 218 g/mol. The van der Waals surface area contributed by atoms with Crippen LogP contribution in [0.1, 0.15) is 50.8 Å². The molecule has 0 aliphatic carbocycles. The lowest BCUT2D eigenvalue weighted by Crippen LogP contribution is -2.43. The Morgan fingerprint density at radius 3 is 2.28 bits per heavy atom. The second-order valence-electron chi connectivity index (χ2n) is 6.08. The van der Waals surface area contributed by atoms with Crippen molar-refractivity contribution in [2.75, 3.05) is 6.54 Å². The largest absolute Gasteiger partial charge is 0.313 e. The summed E-state index contributed by atoms with van der Waals surface area (Å²) < 4.78 is 0. The van der Waals surface area contributed by atoms with Crippen molar-refractivity contribution in [2.24, 2.45) is 5.41 Å². The predicted molar refractivity (Wildman–Crippen MR) is 81.2 cm³/mol. The van der Waals surface area contributed by atoms with E-state index in [9.17, 15) is 0 Å². The summed E-state index contributed by atoms with van der Waals surface area (Å²) in [6.45, 7) is 14.6. The van der Waals surface area contributed by atoms with Gasteiger partial charge in [-0.25, -0.2) is 0 Å². The Kier molecular flexibility index (Phi) is 5.40. The number of nitrogens with one attached hydrogen (secondary N) is 1. The van der Waals surface area contributed by atoms with Gasteiger partial charge in [0.15, 0.2) is 0 Å². The van der Waals surface area contributed by atoms with Crippen LogP contribution in [0.2, 0.25) is 0 Å². The number of likely N-dealkylation sites (N-methyl/N-ethyl adjacent to an activating group) is 1. The maximum Gasteiger partial charge on any atom is 0.0158 e. The number of rotatable bonds is 6. The van der Waals surface area contributed by atoms with Gasteiger partial charge in [-0.15, -0.1) is 0 Å². The van der Waals surface area contributed by atoms with Crippen molar-refractivity contribution in [1.29, 1.82) is 0 Å². The molecule has 1 aromatic carbocycles. The van der Waals surface area contributed by atoms with Gasteiger partial charge in [-0.05, 0) is 55.3 Å². The molecule has 0 heterocycles. The lowest BCUT2D eigenvalue weighted by molar-refractivity contribution is 0.232. The van der Waals surface area contributed by atoms with Crippen LogP contribution in [0.3, 0.4) is 0 Å². The highest BCUT2D eigenvalue weighted by molar-refractivity contribution is 5.30. The van der Waals surface area contributed by atoms with Crippen molar-refractivity contribution < 1.29 is 0 Å². The zero-order valence-corrected chi connectivity index (χ0v) is 12.9. The van der Waals surface area contributed by atoms with E-state index >= 15 is 0 Å². The van der Waals surface area contributed by atoms with Gasteiger partial charge in [0, 0.05) is 6.04 Å². The number of benzene rings is 1. The third kappa shape index (κ3) is 3.84. The van der Waals surface area contributed by atoms with Crippen LogP contribution in [-0.4, -0.2) is 12.6 Å². The van der Waals surface area contributed by atoms with Crippen molar-refractivity contribution in [3.8, 4) is 0 Å². The van der Waals surface area contributed by atoms with E-state index in [2.05, 4.69) is 65.1 Å². The summed E-state index contributed by atoms with van der Waals surface area (Å²) in [7, 11) is 0. The molecule has 1 N–H and O–H groups in total. The van der Waals surface area contributed by atoms with E-state index < -0.39 is 0 Å². The van der Waals surface area contributed by atoms with E-state index in [1.165, 1.54) is 23.1 Å². The molecule has 0 amide bonds. The molecule has 102 valence electrons. The van der Waals surface area contributed by atoms with Crippen molar-refractivity contribution in [1.82, 2.24) is 5.32 Å². The fourth-order valence-corrected chi connectivity index (χ4v) is 2.28. The van der Waals surface area contributed by atoms with E-state index in [0.29, 0.717) is 11.5 Å². The van der Waals surface area contributed by atoms with Crippen LogP contribution < -0.4 is 5.32 Å². The first-order valence-electron chi connectivity index (χ1n) is 7.20. The molecular formula is C17H29N. The summed E-state index contributed by atoms with van der Waals surface area (Å²) in [6, 6.07) is 7.41. The SMILES string of the molecule is CCNC(Cc1ccc(C)c(C)c1)C(C)(C)CC. The standard InChI is InChI=1S/C17H29N/c1-7-17(5,6)16(18-8-2)12-15-10-9-13(3)14(4)11-15/h9-11,16,18H,7-8,12H2,1-6H3. The Bertz CT molecular complexity index is 379. The molecule has 0 radical (unpaired) electrons. The molecule has 1 atom stereocenters. The third-order valence-corrected chi connectivity index (χ3v) is 4.32. The van der Waals surface area contributed by atoms with Crippen LogP contribution in [0, 0.1) is 19.3 Å². The smallest absolute Gasteiger partial charge is 0.0158 e. The maximum absolute atomic E-state index is 3.66. The van der Waals surface area contributed by atoms with Gasteiger partial charge in [0.05, 0.1) is 0 Å². The minimum atomic E-state index is 0.342. The van der Waals surface area contributed by atoms with E-state index in [-0.39, 0.29) is 0 Å². The average molecular weight is 247 g/mol. The van der Waals surface area contributed by atoms with Gasteiger partial charge in [0.1, 0.15) is 0 Å². The Morgan fingerprint density at radius 2 is 1.78 bits per heavy atom. The topological polar surface area (TPSA) is 12.0 Å². The molecule has 1 rings (SSSR count). The Balaban J connectivity index is 2.86. The molecule has 0 aliphatic heterocycles. The van der Waals surface area contributed by atoms with Crippen molar-refractivity contribution >= 4 is 0 Å². The van der Waals surface area contributed by atoms with Gasteiger partial charge < -0.3 is 5.32 Å². The summed E-state index contributed by atoms with van der Waals surface area (Å²) in [5, 5.41) is 3.66. The van der Waals surface area contributed by atoms with Crippen molar-refractivity contribution in [3.63, 3.8) is 0 Å². The second-order valence-corrected chi connectivity index (χ2v) is 6.08. The van der Waals surface area contributed by atoms with Crippen molar-refractivity contribution in [3.05, 3.63) is 34.9 Å². The molecule has 1 unspecified atom stereocenters. The van der Waals surface area contributed by atoms with Crippen LogP contribution in [0.15, 0.2) is 18.2 Å². The maximum atomic E-state index is 3.66. The van der Waals surface area contributed by atoms with Gasteiger partial charge in [-0.1, -0.05) is 45.9 Å². The molecule has 0 aromatic heterocycles. The first-order valence-corrected chi connectivity index (χ1v) is 7.20. The van der Waals surface area contributed by atoms with E-state index in [4.69, 9.17) is 0 Å². The number of hydrogen-bond acceptors (Lipinski definition) is 1. The molecule has 0 saturated heterocycles. The summed E-state index contributed by atoms with van der Waals surface area (Å²) >= 11 is 0. The molecule has 1 aromatic rings. The lowest BCUT2D eigenvalue weighted by atomic mass is 9.78. The highest BCUT2D eigenvalue weighted by Gasteiger charge is 2.26. The minimum absolute atomic E-state index is 0.342. The quantitative estimate of drug-likeness (QED) is 0.792. The normalized spacial score (nSPS) is 13.7. The van der Waals surface area contributed by atoms with Crippen LogP contribution >= 0.6 is 0 Å². The van der Waals surface area contributed by atoms with E-state index in [1.54, 1.807) is 0 Å². The minimum Gasteiger partial charge on any atom is -0.313 e. The summed E-state index contributed by atoms with van der Waals surface area (Å²) in [5.74, 6) is 0. The summed E-state index contributed by atoms with van der Waals surface area (Å²) in [5.41, 5.74) is 4.57. The monoisotopic (exact) mass is 247 g/mol. The second kappa shape index (κ2) is 6.38. The Hall–Kier alpha value is -0.820. The molecule has 1 nitrogen and oxygen atoms in total. The van der Waals surface area contributed by atoms with Gasteiger partial charge in [-0.2, -0.15) is 0 Å². The van der Waals surface area contributed by atoms with Crippen LogP contribution in [-0.2, 0) is 6.42 Å². The summed E-state index contributed by atoms with van der Waals surface area (Å²) in [4.78, 5) is 0. The molecule has 0 spiro atoms. The molecule has 0 aliphatic rings. The highest BCUT2D eigenvalue weighted by Crippen LogP contribution is 2.27. The molecule has 0 bridgehead atoms. The predicted octanol–water partition coefficient (Wildman–Crippen LogP) is 4.26. The van der Waals surface area contributed by atoms with Gasteiger partial charge in [0.2, 0.25) is 0 Å². The van der Waals surface area contributed by atoms with Crippen LogP contribution in [0.4, 0.5) is 0 Å². The number of aryl methyl sites for hydroxylation is 2. The molecule has 1 heteroatoms. The Labute approximate surface area is 113 Å². The molecule has 18 heavy (non-hydrogen) atoms. The lowest BCUT2D eigenvalue weighted by Gasteiger charge is -2.34. The van der Waals surface area contributed by atoms with Gasteiger partial charge in [0.25, 0.3) is 0 Å². The Morgan fingerprint density at radius 1 is 1.11 bits per heavy atom. The third-order valence-electron chi connectivity index (χ3n) is 4.32. The van der Waals surface area contributed by atoms with Crippen LogP contribution in [0.25, 0.3) is 0 Å². The van der Waals surface area contributed by atoms with Gasteiger partial charge in [-0.3, -0.25) is 0 Å². The zero-order valence-electron chi connectivity index (χ0n) is 12.9. The van der Waals surface area contributed by atoms with Crippen LogP contribution in [0.5, 0.6) is 0 Å². The molecule has 0 saturated carbocycles. The number of hydrogen-bond donors (Lipinski definition) is 1. The van der Waals surface area contributed by atoms with E-state index in [1.807, 2.05) is 0 Å². The first kappa shape index (κ1) is 15.2. The highest BCUT2D eigenvalue weighted by atomic mass is 14.9. The summed E-state index contributed by atoms with van der Waals surface area (Å²) in [6.07, 6.45) is 2.32. The average Bonchev–Trinajstić information content (AvgIpc) is 2.33. The first-order chi connectivity index (χ1) is 8.40. The molecule has 0 fully saturated rings. The van der Waals surface area contributed by atoms with Crippen molar-refractivity contribution in [2.45, 2.75) is 60.4 Å².